The number of esters is 1. The second-order valence-electron chi connectivity index (χ2n) is 20.9. The van der Waals surface area contributed by atoms with E-state index in [1.165, 1.54) is 0 Å². The molecule has 2 aromatic heterocycles. The molecule has 0 aliphatic carbocycles. The third-order valence-corrected chi connectivity index (χ3v) is 13.9. The molecule has 8 rings (SSSR count). The number of carbonyl (C=O) groups excluding carboxylic acids is 3. The zero-order valence-corrected chi connectivity index (χ0v) is 46.2. The number of piperidine rings is 2. The van der Waals surface area contributed by atoms with Crippen LogP contribution >= 0.6 is 0 Å². The van der Waals surface area contributed by atoms with Crippen LogP contribution in [-0.4, -0.2) is 108 Å². The number of carbonyl (C=O) groups is 4. The Labute approximate surface area is 458 Å². The average molecular weight is 1070 g/mol. The SMILES string of the molecule is CCOC(=O)[C@H]1CCN(C(=O)OCC(C)C)C[C@H]1Cc1ccc(OCCc2nc(-c3ccccc3)oc2C)cc1.Cc1oc(-c2ccccc2)nc1CCOc1ccc(C[C@@H]2CN(C(=O)OCC(C)C)CC[C@@H]2C(=O)O)cc1. The fraction of sp³-hybridized carbons (Fsp3) is 0.452. The second-order valence-corrected chi connectivity index (χ2v) is 20.9. The number of aryl methyl sites for hydroxylation is 2. The van der Waals surface area contributed by atoms with E-state index in [9.17, 15) is 24.3 Å². The molecular formula is C62H76N4O12. The minimum atomic E-state index is -0.816. The molecule has 4 aromatic carbocycles. The molecule has 0 radical (unpaired) electrons. The van der Waals surface area contributed by atoms with Crippen molar-refractivity contribution in [3.63, 3.8) is 0 Å². The molecule has 416 valence electrons. The lowest BCUT2D eigenvalue weighted by Gasteiger charge is -2.37. The van der Waals surface area contributed by atoms with Crippen molar-refractivity contribution >= 4 is 24.1 Å². The van der Waals surface area contributed by atoms with Crippen molar-refractivity contribution in [2.75, 3.05) is 59.2 Å². The van der Waals surface area contributed by atoms with Gasteiger partial charge in [-0.2, -0.15) is 0 Å². The van der Waals surface area contributed by atoms with Crippen molar-refractivity contribution < 1.29 is 56.8 Å². The first-order valence-electron chi connectivity index (χ1n) is 27.3. The molecular weight excluding hydrogens is 993 g/mol. The van der Waals surface area contributed by atoms with Crippen molar-refractivity contribution in [2.24, 2.45) is 35.5 Å². The summed E-state index contributed by atoms with van der Waals surface area (Å²) in [4.78, 5) is 62.2. The number of aliphatic carboxylic acids is 1. The molecule has 6 aromatic rings. The highest BCUT2D eigenvalue weighted by molar-refractivity contribution is 5.74. The number of aromatic nitrogens is 2. The number of hydrogen-bond acceptors (Lipinski definition) is 13. The molecule has 2 saturated heterocycles. The van der Waals surface area contributed by atoms with Crippen LogP contribution in [0.2, 0.25) is 0 Å². The van der Waals surface area contributed by atoms with Gasteiger partial charge in [-0.05, 0) is 130 Å². The summed E-state index contributed by atoms with van der Waals surface area (Å²) in [6, 6.07) is 35.3. The van der Waals surface area contributed by atoms with Gasteiger partial charge in [0, 0.05) is 50.1 Å². The van der Waals surface area contributed by atoms with Crippen LogP contribution in [0.15, 0.2) is 118 Å². The van der Waals surface area contributed by atoms with Crippen molar-refractivity contribution in [1.82, 2.24) is 19.8 Å². The van der Waals surface area contributed by atoms with Gasteiger partial charge in [-0.1, -0.05) is 88.4 Å². The fourth-order valence-corrected chi connectivity index (χ4v) is 9.66. The minimum Gasteiger partial charge on any atom is -0.493 e. The van der Waals surface area contributed by atoms with Crippen LogP contribution in [0.4, 0.5) is 9.59 Å². The average Bonchev–Trinajstić information content (AvgIpc) is 4.02. The van der Waals surface area contributed by atoms with Crippen LogP contribution in [-0.2, 0) is 49.5 Å². The minimum absolute atomic E-state index is 0.0554. The van der Waals surface area contributed by atoms with E-state index in [1.807, 2.05) is 158 Å². The van der Waals surface area contributed by atoms with E-state index in [2.05, 4.69) is 9.97 Å². The maximum Gasteiger partial charge on any atom is 0.409 e. The summed E-state index contributed by atoms with van der Waals surface area (Å²) >= 11 is 0. The number of rotatable bonds is 21. The number of benzene rings is 4. The molecule has 16 heteroatoms. The van der Waals surface area contributed by atoms with Gasteiger partial charge < -0.3 is 47.4 Å². The molecule has 4 atom stereocenters. The number of ether oxygens (including phenoxy) is 5. The maximum absolute atomic E-state index is 12.7. The number of oxazole rings is 2. The predicted molar refractivity (Wildman–Crippen MR) is 295 cm³/mol. The molecule has 0 bridgehead atoms. The number of likely N-dealkylation sites (tertiary alicyclic amines) is 2. The number of amides is 2. The first-order valence-corrected chi connectivity index (χ1v) is 27.3. The van der Waals surface area contributed by atoms with Gasteiger partial charge in [-0.25, -0.2) is 19.6 Å². The summed E-state index contributed by atoms with van der Waals surface area (Å²) < 4.78 is 39.8. The predicted octanol–water partition coefficient (Wildman–Crippen LogP) is 11.7. The Morgan fingerprint density at radius 1 is 0.590 bits per heavy atom. The van der Waals surface area contributed by atoms with Gasteiger partial charge in [-0.15, -0.1) is 0 Å². The van der Waals surface area contributed by atoms with Crippen LogP contribution in [0.5, 0.6) is 11.5 Å². The quantitative estimate of drug-likeness (QED) is 0.0528. The van der Waals surface area contributed by atoms with Gasteiger partial charge in [0.05, 0.1) is 56.3 Å². The van der Waals surface area contributed by atoms with Crippen LogP contribution in [0.3, 0.4) is 0 Å². The summed E-state index contributed by atoms with van der Waals surface area (Å²) in [7, 11) is 0. The monoisotopic (exact) mass is 1070 g/mol. The zero-order chi connectivity index (χ0) is 55.6. The fourth-order valence-electron chi connectivity index (χ4n) is 9.66. The van der Waals surface area contributed by atoms with Crippen LogP contribution in [0.25, 0.3) is 22.9 Å². The Hall–Kier alpha value is -7.62. The molecule has 2 aliphatic rings. The van der Waals surface area contributed by atoms with Gasteiger partial charge >= 0.3 is 24.1 Å². The van der Waals surface area contributed by atoms with E-state index < -0.39 is 11.9 Å². The molecule has 0 spiro atoms. The Balaban J connectivity index is 0.000000226. The van der Waals surface area contributed by atoms with Crippen molar-refractivity contribution in [2.45, 2.75) is 87.0 Å². The first kappa shape index (κ1) is 58.1. The maximum atomic E-state index is 12.7. The smallest absolute Gasteiger partial charge is 0.409 e. The van der Waals surface area contributed by atoms with Gasteiger partial charge in [0.1, 0.15) is 23.0 Å². The Kier molecular flexibility index (Phi) is 21.3. The lowest BCUT2D eigenvalue weighted by atomic mass is 9.81. The third-order valence-electron chi connectivity index (χ3n) is 13.9. The molecule has 4 heterocycles. The molecule has 0 saturated carbocycles. The van der Waals surface area contributed by atoms with Crippen molar-refractivity contribution in [1.29, 1.82) is 0 Å². The number of carboxylic acids is 1. The molecule has 0 unspecified atom stereocenters. The van der Waals surface area contributed by atoms with Crippen LogP contribution < -0.4 is 9.47 Å². The van der Waals surface area contributed by atoms with E-state index in [0.717, 1.165) is 56.7 Å². The van der Waals surface area contributed by atoms with Crippen molar-refractivity contribution in [3.8, 4) is 34.4 Å². The lowest BCUT2D eigenvalue weighted by Crippen LogP contribution is -2.47. The Bertz CT molecular complexity index is 2830. The summed E-state index contributed by atoms with van der Waals surface area (Å²) in [6.07, 6.45) is 2.77. The summed E-state index contributed by atoms with van der Waals surface area (Å²) in [5, 5.41) is 9.74. The lowest BCUT2D eigenvalue weighted by molar-refractivity contribution is -0.152. The molecule has 78 heavy (non-hydrogen) atoms. The Morgan fingerprint density at radius 3 is 1.40 bits per heavy atom. The number of hydrogen-bond donors (Lipinski definition) is 1. The summed E-state index contributed by atoms with van der Waals surface area (Å²) in [6.45, 7) is 17.3. The number of carboxylic acid groups (broad SMARTS) is 1. The van der Waals surface area contributed by atoms with E-state index in [4.69, 9.17) is 32.5 Å². The topological polar surface area (TPSA) is 193 Å². The summed E-state index contributed by atoms with van der Waals surface area (Å²) in [5.41, 5.74) is 5.72. The molecule has 1 N–H and O–H groups in total. The standard InChI is InChI=1S/C32H40N2O6.C30H36N2O6/c1-5-37-31(35)28-15-17-34(32(36)39-21-22(2)3)20-26(28)19-24-11-13-27(14-12-24)38-18-16-29-23(4)40-30(33-29)25-9-7-6-8-10-25;1-20(2)19-37-30(35)32-15-13-26(29(33)34)24(18-32)17-22-9-11-25(12-10-22)36-16-14-27-21(3)38-28(31-27)23-7-5-4-6-8-23/h6-14,22,26,28H,5,15-21H2,1-4H3;4-12,20,24,26H,13-19H2,1-3H3,(H,33,34)/t26-,28+;24-,26+/m11/s1. The molecule has 16 nitrogen and oxygen atoms in total. The largest absolute Gasteiger partial charge is 0.493 e. The summed E-state index contributed by atoms with van der Waals surface area (Å²) in [5.74, 6) is 2.82. The van der Waals surface area contributed by atoms with E-state index >= 15 is 0 Å². The van der Waals surface area contributed by atoms with Gasteiger partial charge in [0.15, 0.2) is 0 Å². The van der Waals surface area contributed by atoms with E-state index in [-0.39, 0.29) is 47.7 Å². The highest BCUT2D eigenvalue weighted by Crippen LogP contribution is 2.32. The normalized spacial score (nSPS) is 17.2. The first-order chi connectivity index (χ1) is 37.6. The Morgan fingerprint density at radius 2 is 1.00 bits per heavy atom. The number of nitrogens with zero attached hydrogens (tertiary/aromatic N) is 4. The van der Waals surface area contributed by atoms with Gasteiger partial charge in [0.2, 0.25) is 11.8 Å². The molecule has 2 aliphatic heterocycles. The van der Waals surface area contributed by atoms with Crippen molar-refractivity contribution in [3.05, 3.63) is 143 Å². The van der Waals surface area contributed by atoms with E-state index in [0.29, 0.717) is 110 Å². The highest BCUT2D eigenvalue weighted by Gasteiger charge is 2.38. The van der Waals surface area contributed by atoms with Gasteiger partial charge in [-0.3, -0.25) is 9.59 Å². The molecule has 2 fully saturated rings. The second kappa shape index (κ2) is 28.7. The molecule has 2 amide bonds. The van der Waals surface area contributed by atoms with Crippen LogP contribution in [0.1, 0.15) is 81.5 Å². The third kappa shape index (κ3) is 16.9. The highest BCUT2D eigenvalue weighted by atomic mass is 16.6. The van der Waals surface area contributed by atoms with Crippen LogP contribution in [0, 0.1) is 49.4 Å². The van der Waals surface area contributed by atoms with E-state index in [1.54, 1.807) is 9.80 Å². The van der Waals surface area contributed by atoms with Gasteiger partial charge in [0.25, 0.3) is 0 Å². The zero-order valence-electron chi connectivity index (χ0n) is 46.2.